The van der Waals surface area contributed by atoms with Crippen LogP contribution in [0.25, 0.3) is 5.76 Å². The van der Waals surface area contributed by atoms with Crippen LogP contribution in [0.4, 0.5) is 5.82 Å². The second-order valence-corrected chi connectivity index (χ2v) is 7.50. The number of aliphatic hydroxyl groups is 1. The van der Waals surface area contributed by atoms with Crippen molar-refractivity contribution in [1.82, 2.24) is 5.16 Å². The molecule has 32 heavy (non-hydrogen) atoms. The number of amides is 1. The number of ketones is 1. The van der Waals surface area contributed by atoms with E-state index in [-0.39, 0.29) is 17.2 Å². The van der Waals surface area contributed by atoms with Crippen molar-refractivity contribution in [3.05, 3.63) is 95.3 Å². The summed E-state index contributed by atoms with van der Waals surface area (Å²) in [5.74, 6) is -0.633. The van der Waals surface area contributed by atoms with E-state index in [0.717, 1.165) is 5.56 Å². The van der Waals surface area contributed by atoms with Crippen LogP contribution in [0.15, 0.2) is 77.3 Å². The van der Waals surface area contributed by atoms with Crippen molar-refractivity contribution >= 4 is 23.3 Å². The SMILES string of the molecule is C=CCOc1cccc([C@H]2C(=C(O)c3ccc(C)cc3)C(=O)C(=O)N2c2cc(C)on2)c1. The molecule has 1 aromatic heterocycles. The molecule has 1 atom stereocenters. The normalized spacial score (nSPS) is 17.6. The summed E-state index contributed by atoms with van der Waals surface area (Å²) in [5, 5.41) is 15.0. The molecule has 1 fully saturated rings. The first-order chi connectivity index (χ1) is 15.4. The van der Waals surface area contributed by atoms with Gasteiger partial charge in [0.1, 0.15) is 23.9 Å². The molecule has 7 heteroatoms. The van der Waals surface area contributed by atoms with Gasteiger partial charge in [0.2, 0.25) is 0 Å². The van der Waals surface area contributed by atoms with Crippen molar-refractivity contribution in [2.75, 3.05) is 11.5 Å². The fourth-order valence-corrected chi connectivity index (χ4v) is 3.65. The lowest BCUT2D eigenvalue weighted by Crippen LogP contribution is -2.29. The number of anilines is 1. The summed E-state index contributed by atoms with van der Waals surface area (Å²) in [6, 6.07) is 14.7. The number of nitrogens with zero attached hydrogens (tertiary/aromatic N) is 2. The van der Waals surface area contributed by atoms with Crippen LogP contribution in [0.2, 0.25) is 0 Å². The zero-order valence-corrected chi connectivity index (χ0v) is 17.7. The molecule has 7 nitrogen and oxygen atoms in total. The lowest BCUT2D eigenvalue weighted by Gasteiger charge is -2.23. The highest BCUT2D eigenvalue weighted by Gasteiger charge is 2.48. The molecular formula is C25H22N2O5. The number of aryl methyl sites for hydroxylation is 2. The first-order valence-electron chi connectivity index (χ1n) is 10.1. The summed E-state index contributed by atoms with van der Waals surface area (Å²) >= 11 is 0. The first kappa shape index (κ1) is 21.1. The number of benzene rings is 2. The number of aromatic nitrogens is 1. The van der Waals surface area contributed by atoms with Crippen LogP contribution in [0, 0.1) is 13.8 Å². The number of carbonyl (C=O) groups excluding carboxylic acids is 2. The van der Waals surface area contributed by atoms with Gasteiger partial charge in [-0.2, -0.15) is 0 Å². The second kappa shape index (κ2) is 8.55. The van der Waals surface area contributed by atoms with E-state index in [9.17, 15) is 14.7 Å². The molecule has 4 rings (SSSR count). The molecule has 2 aromatic carbocycles. The predicted molar refractivity (Wildman–Crippen MR) is 119 cm³/mol. The van der Waals surface area contributed by atoms with Crippen LogP contribution < -0.4 is 9.64 Å². The Hall–Kier alpha value is -4.13. The van der Waals surface area contributed by atoms with E-state index in [2.05, 4.69) is 11.7 Å². The molecule has 162 valence electrons. The number of Topliss-reactive ketones (excluding diaryl/α,β-unsaturated/α-hetero) is 1. The van der Waals surface area contributed by atoms with E-state index in [0.29, 0.717) is 29.2 Å². The van der Waals surface area contributed by atoms with Crippen molar-refractivity contribution in [1.29, 1.82) is 0 Å². The van der Waals surface area contributed by atoms with E-state index in [1.807, 2.05) is 19.1 Å². The lowest BCUT2D eigenvalue weighted by molar-refractivity contribution is -0.132. The van der Waals surface area contributed by atoms with Crippen molar-refractivity contribution in [3.8, 4) is 5.75 Å². The number of ether oxygens (including phenoxy) is 1. The average molecular weight is 430 g/mol. The Morgan fingerprint density at radius 3 is 2.59 bits per heavy atom. The summed E-state index contributed by atoms with van der Waals surface area (Å²) in [7, 11) is 0. The number of hydrogen-bond acceptors (Lipinski definition) is 6. The molecule has 0 unspecified atom stereocenters. The summed E-state index contributed by atoms with van der Waals surface area (Å²) < 4.78 is 10.8. The molecule has 3 aromatic rings. The molecule has 0 radical (unpaired) electrons. The fourth-order valence-electron chi connectivity index (χ4n) is 3.65. The maximum absolute atomic E-state index is 13.1. The lowest BCUT2D eigenvalue weighted by atomic mass is 9.95. The van der Waals surface area contributed by atoms with Gasteiger partial charge in [0, 0.05) is 11.6 Å². The zero-order valence-electron chi connectivity index (χ0n) is 17.7. The van der Waals surface area contributed by atoms with Gasteiger partial charge in [-0.25, -0.2) is 0 Å². The number of aliphatic hydroxyl groups excluding tert-OH is 1. The minimum absolute atomic E-state index is 0.0274. The third kappa shape index (κ3) is 3.80. The van der Waals surface area contributed by atoms with Gasteiger partial charge < -0.3 is 14.4 Å². The Balaban J connectivity index is 1.90. The Bertz CT molecular complexity index is 1220. The van der Waals surface area contributed by atoms with Crippen molar-refractivity contribution in [2.45, 2.75) is 19.9 Å². The highest BCUT2D eigenvalue weighted by atomic mass is 16.5. The fraction of sp³-hybridized carbons (Fsp3) is 0.160. The van der Waals surface area contributed by atoms with Crippen molar-refractivity contribution in [2.24, 2.45) is 0 Å². The summed E-state index contributed by atoms with van der Waals surface area (Å²) in [5.41, 5.74) is 2.00. The van der Waals surface area contributed by atoms with Gasteiger partial charge in [0.05, 0.1) is 11.6 Å². The minimum Gasteiger partial charge on any atom is -0.507 e. The number of carbonyl (C=O) groups is 2. The van der Waals surface area contributed by atoms with Crippen LogP contribution >= 0.6 is 0 Å². The summed E-state index contributed by atoms with van der Waals surface area (Å²) in [6.07, 6.45) is 1.62. The zero-order chi connectivity index (χ0) is 22.8. The molecule has 1 aliphatic rings. The summed E-state index contributed by atoms with van der Waals surface area (Å²) in [6.45, 7) is 7.56. The van der Waals surface area contributed by atoms with Gasteiger partial charge in [-0.05, 0) is 31.5 Å². The molecule has 1 aliphatic heterocycles. The van der Waals surface area contributed by atoms with Crippen LogP contribution in [0.3, 0.4) is 0 Å². The Morgan fingerprint density at radius 2 is 1.94 bits per heavy atom. The molecule has 0 aliphatic carbocycles. The molecule has 0 saturated carbocycles. The maximum atomic E-state index is 13.1. The Kier molecular flexibility index (Phi) is 5.64. The smallest absolute Gasteiger partial charge is 0.301 e. The molecule has 0 spiro atoms. The number of rotatable bonds is 6. The predicted octanol–water partition coefficient (Wildman–Crippen LogP) is 4.48. The summed E-state index contributed by atoms with van der Waals surface area (Å²) in [4.78, 5) is 27.4. The molecular weight excluding hydrogens is 408 g/mol. The molecule has 1 N–H and O–H groups in total. The van der Waals surface area contributed by atoms with Crippen LogP contribution in [-0.4, -0.2) is 28.6 Å². The highest BCUT2D eigenvalue weighted by molar-refractivity contribution is 6.51. The van der Waals surface area contributed by atoms with Gasteiger partial charge in [-0.1, -0.05) is 59.8 Å². The van der Waals surface area contributed by atoms with E-state index >= 15 is 0 Å². The molecule has 1 saturated heterocycles. The van der Waals surface area contributed by atoms with Gasteiger partial charge in [-0.15, -0.1) is 0 Å². The minimum atomic E-state index is -0.909. The second-order valence-electron chi connectivity index (χ2n) is 7.50. The van der Waals surface area contributed by atoms with Crippen LogP contribution in [0.1, 0.15) is 28.5 Å². The topological polar surface area (TPSA) is 92.9 Å². The van der Waals surface area contributed by atoms with Crippen molar-refractivity contribution in [3.63, 3.8) is 0 Å². The van der Waals surface area contributed by atoms with E-state index in [1.54, 1.807) is 55.5 Å². The van der Waals surface area contributed by atoms with E-state index in [1.165, 1.54) is 4.90 Å². The number of hydrogen-bond donors (Lipinski definition) is 1. The third-order valence-electron chi connectivity index (χ3n) is 5.17. The quantitative estimate of drug-likeness (QED) is 0.268. The Labute approximate surface area is 185 Å². The highest BCUT2D eigenvalue weighted by Crippen LogP contribution is 2.42. The largest absolute Gasteiger partial charge is 0.507 e. The molecule has 2 heterocycles. The van der Waals surface area contributed by atoms with Gasteiger partial charge in [0.25, 0.3) is 5.78 Å². The van der Waals surface area contributed by atoms with Gasteiger partial charge in [0.15, 0.2) is 5.82 Å². The van der Waals surface area contributed by atoms with Crippen LogP contribution in [0.5, 0.6) is 5.75 Å². The average Bonchev–Trinajstić information content (AvgIpc) is 3.33. The maximum Gasteiger partial charge on any atom is 0.301 e. The van der Waals surface area contributed by atoms with E-state index < -0.39 is 17.7 Å². The monoisotopic (exact) mass is 430 g/mol. The molecule has 1 amide bonds. The van der Waals surface area contributed by atoms with Gasteiger partial charge >= 0.3 is 5.91 Å². The van der Waals surface area contributed by atoms with Crippen LogP contribution in [-0.2, 0) is 9.59 Å². The Morgan fingerprint density at radius 1 is 1.19 bits per heavy atom. The standard InChI is InChI=1S/C25H22N2O5/c1-4-12-31-19-7-5-6-18(14-19)22-21(23(28)17-10-8-15(2)9-11-17)24(29)25(30)27(22)20-13-16(3)32-26-20/h4-11,13-14,22,28H,1,12H2,2-3H3/t22-/m0/s1. The third-order valence-corrected chi connectivity index (χ3v) is 5.17. The first-order valence-corrected chi connectivity index (χ1v) is 10.1. The van der Waals surface area contributed by atoms with Gasteiger partial charge in [-0.3, -0.25) is 14.5 Å². The van der Waals surface area contributed by atoms with Crippen molar-refractivity contribution < 1.29 is 24.0 Å². The molecule has 0 bridgehead atoms. The van der Waals surface area contributed by atoms with E-state index in [4.69, 9.17) is 9.26 Å².